The number of hydrogen-bond donors (Lipinski definition) is 0. The SMILES string of the molecule is CCS(=O)(=O)N1CCN(Cc2c(-c3cccc([N+](=O)[O-])c3)nc3ccc(-c4ccccc4)cn23)CC1. The summed E-state index contributed by atoms with van der Waals surface area (Å²) in [4.78, 5) is 18.1. The second kappa shape index (κ2) is 9.81. The molecule has 0 saturated carbocycles. The van der Waals surface area contributed by atoms with Gasteiger partial charge in [-0.3, -0.25) is 15.0 Å². The molecule has 1 aliphatic heterocycles. The Morgan fingerprint density at radius 1 is 0.917 bits per heavy atom. The van der Waals surface area contributed by atoms with Crippen LogP contribution in [-0.2, 0) is 16.6 Å². The lowest BCUT2D eigenvalue weighted by Crippen LogP contribution is -2.48. The van der Waals surface area contributed by atoms with Gasteiger partial charge < -0.3 is 4.40 Å². The van der Waals surface area contributed by atoms with E-state index in [9.17, 15) is 18.5 Å². The summed E-state index contributed by atoms with van der Waals surface area (Å²) in [6.45, 7) is 4.27. The van der Waals surface area contributed by atoms with Gasteiger partial charge in [0.25, 0.3) is 5.69 Å². The van der Waals surface area contributed by atoms with E-state index in [1.807, 2.05) is 59.1 Å². The molecule has 2 aromatic heterocycles. The zero-order chi connectivity index (χ0) is 25.3. The zero-order valence-electron chi connectivity index (χ0n) is 19.9. The number of non-ortho nitro benzene ring substituents is 1. The van der Waals surface area contributed by atoms with Gasteiger partial charge in [-0.1, -0.05) is 42.5 Å². The van der Waals surface area contributed by atoms with Crippen molar-refractivity contribution in [2.45, 2.75) is 13.5 Å². The number of fused-ring (bicyclic) bond motifs is 1. The number of nitro groups is 1. The first-order valence-electron chi connectivity index (χ1n) is 11.9. The lowest BCUT2D eigenvalue weighted by molar-refractivity contribution is -0.384. The van der Waals surface area contributed by atoms with E-state index in [0.717, 1.165) is 22.5 Å². The minimum atomic E-state index is -3.22. The Hall–Kier alpha value is -3.60. The summed E-state index contributed by atoms with van der Waals surface area (Å²) in [5, 5.41) is 11.4. The highest BCUT2D eigenvalue weighted by Gasteiger charge is 2.27. The first-order chi connectivity index (χ1) is 17.4. The number of pyridine rings is 1. The normalized spacial score (nSPS) is 15.4. The van der Waals surface area contributed by atoms with E-state index in [1.54, 1.807) is 23.4 Å². The molecular formula is C26H27N5O4S. The Morgan fingerprint density at radius 2 is 1.64 bits per heavy atom. The third-order valence-electron chi connectivity index (χ3n) is 6.62. The Labute approximate surface area is 209 Å². The quantitative estimate of drug-likeness (QED) is 0.278. The summed E-state index contributed by atoms with van der Waals surface area (Å²) < 4.78 is 28.2. The number of rotatable bonds is 7. The summed E-state index contributed by atoms with van der Waals surface area (Å²) in [5.41, 5.74) is 5.15. The lowest BCUT2D eigenvalue weighted by atomic mass is 10.1. The van der Waals surface area contributed by atoms with Crippen molar-refractivity contribution in [1.29, 1.82) is 0 Å². The standard InChI is InChI=1S/C26H27N5O4S/c1-2-36(34,35)29-15-13-28(14-16-29)19-24-26(21-9-6-10-23(17-21)31(32)33)27-25-12-11-22(18-30(24)25)20-7-4-3-5-8-20/h3-12,17-18H,2,13-16,19H2,1H3. The van der Waals surface area contributed by atoms with Gasteiger partial charge in [-0.25, -0.2) is 13.4 Å². The molecule has 0 unspecified atom stereocenters. The molecule has 3 heterocycles. The van der Waals surface area contributed by atoms with Crippen LogP contribution in [0.3, 0.4) is 0 Å². The predicted octanol–water partition coefficient (Wildman–Crippen LogP) is 4.04. The van der Waals surface area contributed by atoms with Crippen LogP contribution in [0.25, 0.3) is 28.0 Å². The van der Waals surface area contributed by atoms with Crippen molar-refractivity contribution in [3.63, 3.8) is 0 Å². The van der Waals surface area contributed by atoms with Crippen molar-refractivity contribution in [3.05, 3.63) is 88.7 Å². The molecule has 4 aromatic rings. The van der Waals surface area contributed by atoms with Gasteiger partial charge in [-0.05, 0) is 30.2 Å². The highest BCUT2D eigenvalue weighted by molar-refractivity contribution is 7.89. The molecule has 9 nitrogen and oxygen atoms in total. The van der Waals surface area contributed by atoms with Crippen LogP contribution in [0.4, 0.5) is 5.69 Å². The van der Waals surface area contributed by atoms with Gasteiger partial charge >= 0.3 is 0 Å². The number of piperazine rings is 1. The van der Waals surface area contributed by atoms with Crippen LogP contribution in [-0.4, -0.2) is 63.9 Å². The molecule has 0 amide bonds. The molecule has 0 radical (unpaired) electrons. The average molecular weight is 506 g/mol. The Kier molecular flexibility index (Phi) is 6.57. The average Bonchev–Trinajstić information content (AvgIpc) is 3.27. The largest absolute Gasteiger partial charge is 0.301 e. The molecule has 0 spiro atoms. The van der Waals surface area contributed by atoms with Gasteiger partial charge in [0.2, 0.25) is 10.0 Å². The van der Waals surface area contributed by atoms with Crippen molar-refractivity contribution in [2.75, 3.05) is 31.9 Å². The van der Waals surface area contributed by atoms with Gasteiger partial charge in [-0.15, -0.1) is 0 Å². The molecule has 2 aromatic carbocycles. The van der Waals surface area contributed by atoms with Gasteiger partial charge in [0, 0.05) is 56.6 Å². The van der Waals surface area contributed by atoms with Crippen molar-refractivity contribution in [3.8, 4) is 22.4 Å². The Morgan fingerprint density at radius 3 is 2.33 bits per heavy atom. The second-order valence-corrected chi connectivity index (χ2v) is 11.1. The molecular weight excluding hydrogens is 478 g/mol. The van der Waals surface area contributed by atoms with Crippen LogP contribution in [0.15, 0.2) is 72.9 Å². The fraction of sp³-hybridized carbons (Fsp3) is 0.269. The summed E-state index contributed by atoms with van der Waals surface area (Å²) in [5.74, 6) is 0.0967. The van der Waals surface area contributed by atoms with E-state index in [-0.39, 0.29) is 11.4 Å². The predicted molar refractivity (Wildman–Crippen MR) is 139 cm³/mol. The molecule has 0 bridgehead atoms. The molecule has 186 valence electrons. The number of nitrogens with zero attached hydrogens (tertiary/aromatic N) is 5. The highest BCUT2D eigenvalue weighted by atomic mass is 32.2. The minimum Gasteiger partial charge on any atom is -0.301 e. The molecule has 0 N–H and O–H groups in total. The van der Waals surface area contributed by atoms with Crippen LogP contribution in [0, 0.1) is 10.1 Å². The molecule has 10 heteroatoms. The number of sulfonamides is 1. The smallest absolute Gasteiger partial charge is 0.270 e. The van der Waals surface area contributed by atoms with E-state index in [4.69, 9.17) is 4.98 Å². The highest BCUT2D eigenvalue weighted by Crippen LogP contribution is 2.30. The van der Waals surface area contributed by atoms with Gasteiger partial charge in [0.05, 0.1) is 22.1 Å². The zero-order valence-corrected chi connectivity index (χ0v) is 20.8. The minimum absolute atomic E-state index is 0.0128. The van der Waals surface area contributed by atoms with Gasteiger partial charge in [0.1, 0.15) is 5.65 Å². The third kappa shape index (κ3) is 4.75. The lowest BCUT2D eigenvalue weighted by Gasteiger charge is -2.33. The number of hydrogen-bond acceptors (Lipinski definition) is 6. The molecule has 36 heavy (non-hydrogen) atoms. The van der Waals surface area contributed by atoms with Crippen molar-refractivity contribution >= 4 is 21.4 Å². The van der Waals surface area contributed by atoms with Crippen LogP contribution in [0.2, 0.25) is 0 Å². The van der Waals surface area contributed by atoms with E-state index in [2.05, 4.69) is 4.90 Å². The van der Waals surface area contributed by atoms with Gasteiger partial charge in [0.15, 0.2) is 0 Å². The second-order valence-electron chi connectivity index (χ2n) is 8.80. The van der Waals surface area contributed by atoms with E-state index >= 15 is 0 Å². The maximum atomic E-state index is 12.3. The summed E-state index contributed by atoms with van der Waals surface area (Å²) in [7, 11) is -3.22. The summed E-state index contributed by atoms with van der Waals surface area (Å²) in [6.07, 6.45) is 2.05. The Bertz CT molecular complexity index is 1510. The molecule has 1 saturated heterocycles. The van der Waals surface area contributed by atoms with Crippen LogP contribution in [0.5, 0.6) is 0 Å². The van der Waals surface area contributed by atoms with Crippen LogP contribution < -0.4 is 0 Å². The fourth-order valence-electron chi connectivity index (χ4n) is 4.60. The van der Waals surface area contributed by atoms with Crippen LogP contribution in [0.1, 0.15) is 12.6 Å². The number of aromatic nitrogens is 2. The number of nitro benzene ring substituents is 1. The van der Waals surface area contributed by atoms with Crippen LogP contribution >= 0.6 is 0 Å². The number of benzene rings is 2. The molecule has 0 atom stereocenters. The van der Waals surface area contributed by atoms with Crippen molar-refractivity contribution in [1.82, 2.24) is 18.6 Å². The fourth-order valence-corrected chi connectivity index (χ4v) is 5.69. The number of imidazole rings is 1. The van der Waals surface area contributed by atoms with Crippen molar-refractivity contribution < 1.29 is 13.3 Å². The van der Waals surface area contributed by atoms with Gasteiger partial charge in [-0.2, -0.15) is 4.31 Å². The maximum Gasteiger partial charge on any atom is 0.270 e. The summed E-state index contributed by atoms with van der Waals surface area (Å²) in [6, 6.07) is 20.6. The topological polar surface area (TPSA) is 101 Å². The third-order valence-corrected chi connectivity index (χ3v) is 8.50. The molecule has 0 aliphatic carbocycles. The summed E-state index contributed by atoms with van der Waals surface area (Å²) >= 11 is 0. The monoisotopic (exact) mass is 505 g/mol. The van der Waals surface area contributed by atoms with E-state index < -0.39 is 14.9 Å². The van der Waals surface area contributed by atoms with E-state index in [0.29, 0.717) is 44.0 Å². The van der Waals surface area contributed by atoms with E-state index in [1.165, 1.54) is 6.07 Å². The maximum absolute atomic E-state index is 12.3. The van der Waals surface area contributed by atoms with Crippen molar-refractivity contribution in [2.24, 2.45) is 0 Å². The molecule has 5 rings (SSSR count). The first-order valence-corrected chi connectivity index (χ1v) is 13.5. The Balaban J connectivity index is 1.55. The molecule has 1 aliphatic rings. The molecule has 1 fully saturated rings. The first kappa shape index (κ1) is 24.1.